The van der Waals surface area contributed by atoms with Crippen molar-refractivity contribution in [2.45, 2.75) is 6.92 Å². The van der Waals surface area contributed by atoms with Gasteiger partial charge in [0.25, 0.3) is 5.91 Å². The molecule has 2 N–H and O–H groups in total. The van der Waals surface area contributed by atoms with E-state index < -0.39 is 0 Å². The number of carbonyl (C=O) groups excluding carboxylic acids is 2. The summed E-state index contributed by atoms with van der Waals surface area (Å²) in [5, 5.41) is 5.72. The molecule has 0 bridgehead atoms. The zero-order chi connectivity index (χ0) is 14.5. The van der Waals surface area contributed by atoms with Gasteiger partial charge in [-0.1, -0.05) is 22.0 Å². The van der Waals surface area contributed by atoms with Crippen LogP contribution in [0.5, 0.6) is 0 Å². The summed E-state index contributed by atoms with van der Waals surface area (Å²) in [4.78, 5) is 28.5. The zero-order valence-electron chi connectivity index (χ0n) is 10.6. The summed E-state index contributed by atoms with van der Waals surface area (Å²) in [5.41, 5.74) is 0.497. The van der Waals surface area contributed by atoms with Crippen molar-refractivity contribution in [3.05, 3.63) is 45.4 Å². The van der Waals surface area contributed by atoms with Gasteiger partial charge in [-0.05, 0) is 25.1 Å². The molecule has 1 aromatic heterocycles. The van der Waals surface area contributed by atoms with E-state index in [9.17, 15) is 9.59 Å². The lowest BCUT2D eigenvalue weighted by atomic mass is 10.2. The average Bonchev–Trinajstić information content (AvgIpc) is 2.81. The first kappa shape index (κ1) is 14.7. The molecule has 0 aliphatic rings. The molecule has 0 saturated carbocycles. The summed E-state index contributed by atoms with van der Waals surface area (Å²) < 4.78 is 0.813. The third-order valence-electron chi connectivity index (χ3n) is 2.36. The molecule has 0 unspecified atom stereocenters. The van der Waals surface area contributed by atoms with Crippen LogP contribution in [0.4, 0.5) is 5.13 Å². The normalized spacial score (nSPS) is 10.1. The topological polar surface area (TPSA) is 71.1 Å². The van der Waals surface area contributed by atoms with E-state index in [1.165, 1.54) is 11.3 Å². The van der Waals surface area contributed by atoms with Crippen molar-refractivity contribution >= 4 is 44.2 Å². The molecule has 0 saturated heterocycles. The number of benzene rings is 1. The molecule has 2 aromatic rings. The maximum atomic E-state index is 11.8. The Bertz CT molecular complexity index is 642. The number of hydrogen-bond donors (Lipinski definition) is 2. The van der Waals surface area contributed by atoms with Gasteiger partial charge in [0.15, 0.2) is 5.13 Å². The summed E-state index contributed by atoms with van der Waals surface area (Å²) in [6.07, 6.45) is 1.68. The molecular weight excluding hydrogens is 342 g/mol. The molecule has 1 heterocycles. The van der Waals surface area contributed by atoms with Crippen LogP contribution >= 0.6 is 27.3 Å². The average molecular weight is 354 g/mol. The Balaban J connectivity index is 1.85. The van der Waals surface area contributed by atoms with Crippen LogP contribution in [-0.2, 0) is 4.79 Å². The SMILES string of the molecule is Cc1cnc(NC(=O)CNC(=O)c2cccc(Br)c2)s1. The standard InChI is InChI=1S/C13H12BrN3O2S/c1-8-6-16-13(20-8)17-11(18)7-15-12(19)9-3-2-4-10(14)5-9/h2-6H,7H2,1H3,(H,15,19)(H,16,17,18). The fourth-order valence-electron chi connectivity index (χ4n) is 1.47. The number of carbonyl (C=O) groups is 2. The molecule has 0 aliphatic heterocycles. The molecule has 104 valence electrons. The van der Waals surface area contributed by atoms with Crippen LogP contribution in [0.25, 0.3) is 0 Å². The number of nitrogens with zero attached hydrogens (tertiary/aromatic N) is 1. The highest BCUT2D eigenvalue weighted by Crippen LogP contribution is 2.16. The first-order valence-electron chi connectivity index (χ1n) is 5.80. The Labute approximate surface area is 128 Å². The van der Waals surface area contributed by atoms with Gasteiger partial charge in [0.2, 0.25) is 5.91 Å². The van der Waals surface area contributed by atoms with Crippen molar-refractivity contribution in [2.24, 2.45) is 0 Å². The summed E-state index contributed by atoms with van der Waals surface area (Å²) >= 11 is 4.68. The predicted octanol–water partition coefficient (Wildman–Crippen LogP) is 2.58. The molecule has 0 fully saturated rings. The molecule has 20 heavy (non-hydrogen) atoms. The van der Waals surface area contributed by atoms with Crippen LogP contribution in [0, 0.1) is 6.92 Å². The minimum absolute atomic E-state index is 0.0933. The Hall–Kier alpha value is -1.73. The molecule has 1 aromatic carbocycles. The van der Waals surface area contributed by atoms with Crippen molar-refractivity contribution in [3.63, 3.8) is 0 Å². The van der Waals surface area contributed by atoms with Gasteiger partial charge in [0.05, 0.1) is 6.54 Å². The van der Waals surface area contributed by atoms with E-state index in [2.05, 4.69) is 31.5 Å². The molecule has 2 rings (SSSR count). The quantitative estimate of drug-likeness (QED) is 0.887. The Morgan fingerprint density at radius 1 is 1.40 bits per heavy atom. The van der Waals surface area contributed by atoms with Crippen LogP contribution in [0.1, 0.15) is 15.2 Å². The van der Waals surface area contributed by atoms with Crippen molar-refractivity contribution < 1.29 is 9.59 Å². The summed E-state index contributed by atoms with van der Waals surface area (Å²) in [6, 6.07) is 6.96. The van der Waals surface area contributed by atoms with Crippen LogP contribution in [0.3, 0.4) is 0 Å². The van der Waals surface area contributed by atoms with Gasteiger partial charge in [0.1, 0.15) is 0 Å². The van der Waals surface area contributed by atoms with E-state index in [0.717, 1.165) is 9.35 Å². The first-order chi connectivity index (χ1) is 9.54. The van der Waals surface area contributed by atoms with Crippen molar-refractivity contribution in [1.82, 2.24) is 10.3 Å². The summed E-state index contributed by atoms with van der Waals surface area (Å²) in [5.74, 6) is -0.598. The Kier molecular flexibility index (Phi) is 4.86. The monoisotopic (exact) mass is 353 g/mol. The minimum atomic E-state index is -0.303. The second-order valence-corrected chi connectivity index (χ2v) is 6.17. The van der Waals surface area contributed by atoms with Crippen LogP contribution in [0.2, 0.25) is 0 Å². The smallest absolute Gasteiger partial charge is 0.251 e. The van der Waals surface area contributed by atoms with Gasteiger partial charge < -0.3 is 10.6 Å². The second kappa shape index (κ2) is 6.62. The number of anilines is 1. The lowest BCUT2D eigenvalue weighted by Crippen LogP contribution is -2.32. The molecule has 0 radical (unpaired) electrons. The molecule has 0 spiro atoms. The number of halogens is 1. The third-order valence-corrected chi connectivity index (χ3v) is 3.69. The number of hydrogen-bond acceptors (Lipinski definition) is 4. The lowest BCUT2D eigenvalue weighted by Gasteiger charge is -2.05. The fraction of sp³-hybridized carbons (Fsp3) is 0.154. The van der Waals surface area contributed by atoms with E-state index in [1.54, 1.807) is 24.4 Å². The van der Waals surface area contributed by atoms with E-state index >= 15 is 0 Å². The van der Waals surface area contributed by atoms with Gasteiger partial charge in [-0.3, -0.25) is 9.59 Å². The van der Waals surface area contributed by atoms with Crippen molar-refractivity contribution in [3.8, 4) is 0 Å². The number of aryl methyl sites for hydroxylation is 1. The largest absolute Gasteiger partial charge is 0.343 e. The maximum absolute atomic E-state index is 11.8. The zero-order valence-corrected chi connectivity index (χ0v) is 13.0. The van der Waals surface area contributed by atoms with Crippen molar-refractivity contribution in [2.75, 3.05) is 11.9 Å². The number of aromatic nitrogens is 1. The second-order valence-electron chi connectivity index (χ2n) is 4.02. The molecule has 0 atom stereocenters. The van der Waals surface area contributed by atoms with E-state index in [-0.39, 0.29) is 18.4 Å². The van der Waals surface area contributed by atoms with E-state index in [0.29, 0.717) is 10.7 Å². The highest BCUT2D eigenvalue weighted by molar-refractivity contribution is 9.10. The van der Waals surface area contributed by atoms with Crippen LogP contribution < -0.4 is 10.6 Å². The third kappa shape index (κ3) is 4.14. The molecule has 7 heteroatoms. The van der Waals surface area contributed by atoms with Crippen molar-refractivity contribution in [1.29, 1.82) is 0 Å². The van der Waals surface area contributed by atoms with Gasteiger partial charge in [0, 0.05) is 21.1 Å². The van der Waals surface area contributed by atoms with E-state index in [4.69, 9.17) is 0 Å². The Morgan fingerprint density at radius 2 is 2.20 bits per heavy atom. The molecule has 5 nitrogen and oxygen atoms in total. The van der Waals surface area contributed by atoms with Gasteiger partial charge in [-0.2, -0.15) is 0 Å². The van der Waals surface area contributed by atoms with Gasteiger partial charge in [-0.15, -0.1) is 11.3 Å². The number of amides is 2. The number of nitrogens with one attached hydrogen (secondary N) is 2. The molecular formula is C13H12BrN3O2S. The Morgan fingerprint density at radius 3 is 2.85 bits per heavy atom. The first-order valence-corrected chi connectivity index (χ1v) is 7.41. The summed E-state index contributed by atoms with van der Waals surface area (Å²) in [6.45, 7) is 1.81. The highest BCUT2D eigenvalue weighted by atomic mass is 79.9. The highest BCUT2D eigenvalue weighted by Gasteiger charge is 2.09. The van der Waals surface area contributed by atoms with E-state index in [1.807, 2.05) is 13.0 Å². The number of thiazole rings is 1. The fourth-order valence-corrected chi connectivity index (χ4v) is 2.55. The van der Waals surface area contributed by atoms with Gasteiger partial charge in [-0.25, -0.2) is 4.98 Å². The van der Waals surface area contributed by atoms with Gasteiger partial charge >= 0.3 is 0 Å². The minimum Gasteiger partial charge on any atom is -0.343 e. The van der Waals surface area contributed by atoms with Crippen LogP contribution in [-0.4, -0.2) is 23.3 Å². The lowest BCUT2D eigenvalue weighted by molar-refractivity contribution is -0.115. The maximum Gasteiger partial charge on any atom is 0.251 e. The molecule has 2 amide bonds. The number of rotatable bonds is 4. The van der Waals surface area contributed by atoms with Crippen LogP contribution in [0.15, 0.2) is 34.9 Å². The predicted molar refractivity (Wildman–Crippen MR) is 82.0 cm³/mol. The summed E-state index contributed by atoms with van der Waals surface area (Å²) in [7, 11) is 0. The molecule has 0 aliphatic carbocycles.